The monoisotopic (exact) mass is 573 g/mol. The lowest BCUT2D eigenvalue weighted by Crippen LogP contribution is -2.42. The number of aromatic nitrogens is 1. The number of nitrogens with zero attached hydrogens (tertiary/aromatic N) is 3. The van der Waals surface area contributed by atoms with Crippen molar-refractivity contribution in [2.24, 2.45) is 5.92 Å². The van der Waals surface area contributed by atoms with Gasteiger partial charge in [-0.2, -0.15) is 0 Å². The third-order valence-electron chi connectivity index (χ3n) is 8.49. The number of likely N-dealkylation sites (tertiary alicyclic amines) is 2. The van der Waals surface area contributed by atoms with Gasteiger partial charge in [-0.15, -0.1) is 0 Å². The molecule has 2 fully saturated rings. The first kappa shape index (κ1) is 29.8. The van der Waals surface area contributed by atoms with Crippen LogP contribution in [0.1, 0.15) is 41.9 Å². The van der Waals surface area contributed by atoms with Gasteiger partial charge in [-0.25, -0.2) is 4.79 Å². The molecule has 5 rings (SSSR count). The molecule has 0 bridgehead atoms. The minimum Gasteiger partial charge on any atom is -0.446 e. The number of carbonyl (C=O) groups excluding carboxylic acids is 2. The summed E-state index contributed by atoms with van der Waals surface area (Å²) in [6.07, 6.45) is 3.01. The zero-order valence-corrected chi connectivity index (χ0v) is 24.5. The number of para-hydroxylation sites is 1. The van der Waals surface area contributed by atoms with E-state index in [2.05, 4.69) is 20.1 Å². The average molecular weight is 574 g/mol. The van der Waals surface area contributed by atoms with Crippen LogP contribution in [-0.2, 0) is 11.3 Å². The lowest BCUT2D eigenvalue weighted by molar-refractivity contribution is 0.0539. The van der Waals surface area contributed by atoms with Crippen LogP contribution in [0.4, 0.5) is 10.5 Å². The fourth-order valence-electron chi connectivity index (χ4n) is 5.83. The molecule has 0 atom stereocenters. The van der Waals surface area contributed by atoms with Gasteiger partial charge >= 0.3 is 6.09 Å². The molecule has 9 heteroatoms. The fraction of sp³-hybridized carbons (Fsp3) is 0.455. The van der Waals surface area contributed by atoms with Gasteiger partial charge in [0.15, 0.2) is 0 Å². The van der Waals surface area contributed by atoms with Gasteiger partial charge in [0, 0.05) is 57.6 Å². The number of likely N-dealkylation sites (N-methyl/N-ethyl adjacent to an activating group) is 1. The molecule has 2 saturated heterocycles. The predicted octanol–water partition coefficient (Wildman–Crippen LogP) is 4.67. The molecule has 0 aliphatic carbocycles. The lowest BCUT2D eigenvalue weighted by Gasteiger charge is -2.32. The summed E-state index contributed by atoms with van der Waals surface area (Å²) < 4.78 is 5.76. The number of nitrogens with one attached hydrogen (secondary N) is 2. The van der Waals surface area contributed by atoms with Gasteiger partial charge in [0.2, 0.25) is 0 Å². The summed E-state index contributed by atoms with van der Waals surface area (Å²) >= 11 is 0. The molecule has 0 saturated carbocycles. The number of rotatable bonds is 10. The Bertz CT molecular complexity index is 1300. The molecule has 0 spiro atoms. The zero-order valence-electron chi connectivity index (χ0n) is 24.5. The van der Waals surface area contributed by atoms with Gasteiger partial charge in [0.25, 0.3) is 5.91 Å². The summed E-state index contributed by atoms with van der Waals surface area (Å²) in [5, 5.41) is 12.3. The summed E-state index contributed by atoms with van der Waals surface area (Å²) in [6, 6.07) is 21.6. The van der Waals surface area contributed by atoms with Crippen LogP contribution < -0.4 is 5.32 Å². The van der Waals surface area contributed by atoms with Gasteiger partial charge in [-0.3, -0.25) is 15.0 Å². The molecule has 224 valence electrons. The number of carbonyl (C=O) groups is 2. The number of H-pyrrole nitrogens is 1. The van der Waals surface area contributed by atoms with Crippen LogP contribution >= 0.6 is 0 Å². The lowest BCUT2D eigenvalue weighted by atomic mass is 9.98. The van der Waals surface area contributed by atoms with E-state index in [1.807, 2.05) is 73.8 Å². The zero-order chi connectivity index (χ0) is 29.3. The molecule has 2 amide bonds. The van der Waals surface area contributed by atoms with Gasteiger partial charge < -0.3 is 24.6 Å². The molecule has 0 radical (unpaired) electrons. The van der Waals surface area contributed by atoms with E-state index in [-0.39, 0.29) is 18.6 Å². The Morgan fingerprint density at radius 3 is 2.36 bits per heavy atom. The van der Waals surface area contributed by atoms with Gasteiger partial charge in [0.1, 0.15) is 11.8 Å². The second-order valence-corrected chi connectivity index (χ2v) is 11.5. The molecule has 2 aliphatic heterocycles. The second kappa shape index (κ2) is 14.5. The largest absolute Gasteiger partial charge is 0.446 e. The smallest absolute Gasteiger partial charge is 0.411 e. The Kier molecular flexibility index (Phi) is 10.3. The van der Waals surface area contributed by atoms with Crippen molar-refractivity contribution in [2.75, 3.05) is 58.2 Å². The summed E-state index contributed by atoms with van der Waals surface area (Å²) in [4.78, 5) is 35.5. The highest BCUT2D eigenvalue weighted by Gasteiger charge is 2.24. The van der Waals surface area contributed by atoms with E-state index in [0.717, 1.165) is 87.5 Å². The highest BCUT2D eigenvalue weighted by Crippen LogP contribution is 2.28. The Hall–Kier alpha value is -3.66. The van der Waals surface area contributed by atoms with Crippen molar-refractivity contribution >= 4 is 17.7 Å². The van der Waals surface area contributed by atoms with Crippen LogP contribution in [0.15, 0.2) is 66.7 Å². The number of aliphatic hydroxyl groups is 1. The Morgan fingerprint density at radius 2 is 1.62 bits per heavy atom. The summed E-state index contributed by atoms with van der Waals surface area (Å²) in [7, 11) is 1.84. The number of benzene rings is 2. The molecule has 3 aromatic rings. The van der Waals surface area contributed by atoms with Crippen molar-refractivity contribution < 1.29 is 19.4 Å². The van der Waals surface area contributed by atoms with Crippen LogP contribution in [0, 0.1) is 5.92 Å². The fourth-order valence-corrected chi connectivity index (χ4v) is 5.83. The molecule has 1 aromatic heterocycles. The van der Waals surface area contributed by atoms with E-state index < -0.39 is 6.09 Å². The first-order valence-electron chi connectivity index (χ1n) is 15.1. The van der Waals surface area contributed by atoms with Crippen molar-refractivity contribution in [3.05, 3.63) is 78.1 Å². The SMILES string of the molecule is CN(CCN1CCC(OC(=O)Nc2ccccc2-c2ccccc2)CC1)C(=O)c1ccc(CN2CCC(CO)CC2)[nH]1. The van der Waals surface area contributed by atoms with Crippen molar-refractivity contribution in [3.8, 4) is 11.1 Å². The Balaban J connectivity index is 1.02. The van der Waals surface area contributed by atoms with Gasteiger partial charge in [-0.1, -0.05) is 48.5 Å². The number of aromatic amines is 1. The number of hydrogen-bond donors (Lipinski definition) is 3. The quantitative estimate of drug-likeness (QED) is 0.326. The van der Waals surface area contributed by atoms with E-state index in [1.165, 1.54) is 0 Å². The summed E-state index contributed by atoms with van der Waals surface area (Å²) in [5.41, 5.74) is 4.39. The predicted molar refractivity (Wildman–Crippen MR) is 164 cm³/mol. The van der Waals surface area contributed by atoms with Crippen molar-refractivity contribution in [2.45, 2.75) is 38.3 Å². The molecule has 3 heterocycles. The van der Waals surface area contributed by atoms with Gasteiger partial charge in [-0.05, 0) is 68.5 Å². The third-order valence-corrected chi connectivity index (χ3v) is 8.49. The van der Waals surface area contributed by atoms with E-state index >= 15 is 0 Å². The summed E-state index contributed by atoms with van der Waals surface area (Å²) in [6.45, 7) is 6.06. The highest BCUT2D eigenvalue weighted by molar-refractivity contribution is 5.92. The van der Waals surface area contributed by atoms with Crippen LogP contribution in [0.3, 0.4) is 0 Å². The topological polar surface area (TPSA) is 101 Å². The molecular formula is C33H43N5O4. The maximum atomic E-state index is 13.0. The summed E-state index contributed by atoms with van der Waals surface area (Å²) in [5.74, 6) is 0.410. The van der Waals surface area contributed by atoms with Crippen LogP contribution in [0.5, 0.6) is 0 Å². The molecular weight excluding hydrogens is 530 g/mol. The van der Waals surface area contributed by atoms with Crippen molar-refractivity contribution in [1.82, 2.24) is 19.7 Å². The number of hydrogen-bond acceptors (Lipinski definition) is 6. The molecule has 0 unspecified atom stereocenters. The molecule has 42 heavy (non-hydrogen) atoms. The first-order valence-corrected chi connectivity index (χ1v) is 15.1. The standard InChI is InChI=1S/C33H43N5O4/c1-36(32(40)31-12-11-27(34-31)23-38-17-13-25(24-39)14-18-38)21-22-37-19-15-28(16-20-37)42-33(41)35-30-10-6-5-9-29(30)26-7-3-2-4-8-26/h2-12,25,28,34,39H,13-24H2,1H3,(H,35,41). The van der Waals surface area contributed by atoms with Crippen LogP contribution in [-0.4, -0.2) is 95.8 Å². The number of ether oxygens (including phenoxy) is 1. The van der Waals surface area contributed by atoms with E-state index in [1.54, 1.807) is 4.90 Å². The third kappa shape index (κ3) is 8.00. The van der Waals surface area contributed by atoms with Crippen LogP contribution in [0.25, 0.3) is 11.1 Å². The van der Waals surface area contributed by atoms with Gasteiger partial charge in [0.05, 0.1) is 5.69 Å². The Labute approximate surface area is 248 Å². The number of amides is 2. The molecule has 3 N–H and O–H groups in total. The van der Waals surface area contributed by atoms with E-state index in [4.69, 9.17) is 4.74 Å². The molecule has 2 aliphatic rings. The van der Waals surface area contributed by atoms with E-state index in [0.29, 0.717) is 18.2 Å². The average Bonchev–Trinajstić information content (AvgIpc) is 3.49. The number of anilines is 1. The maximum absolute atomic E-state index is 13.0. The van der Waals surface area contributed by atoms with Crippen molar-refractivity contribution in [1.29, 1.82) is 0 Å². The number of aliphatic hydroxyl groups excluding tert-OH is 1. The molecule has 2 aromatic carbocycles. The Morgan fingerprint density at radius 1 is 0.929 bits per heavy atom. The number of piperidine rings is 2. The normalized spacial score (nSPS) is 17.2. The minimum atomic E-state index is -0.429. The molecule has 9 nitrogen and oxygen atoms in total. The van der Waals surface area contributed by atoms with Crippen LogP contribution in [0.2, 0.25) is 0 Å². The maximum Gasteiger partial charge on any atom is 0.411 e. The first-order chi connectivity index (χ1) is 20.5. The minimum absolute atomic E-state index is 0.00841. The highest BCUT2D eigenvalue weighted by atomic mass is 16.6. The second-order valence-electron chi connectivity index (χ2n) is 11.5. The van der Waals surface area contributed by atoms with E-state index in [9.17, 15) is 14.7 Å². The van der Waals surface area contributed by atoms with Crippen molar-refractivity contribution in [3.63, 3.8) is 0 Å².